The van der Waals surface area contributed by atoms with Crippen LogP contribution in [-0.2, 0) is 9.53 Å². The zero-order chi connectivity index (χ0) is 19.6. The molecule has 4 fully saturated rings. The van der Waals surface area contributed by atoms with Crippen LogP contribution in [0.15, 0.2) is 0 Å². The summed E-state index contributed by atoms with van der Waals surface area (Å²) in [7, 11) is 1.88. The van der Waals surface area contributed by atoms with Crippen LogP contribution in [-0.4, -0.2) is 29.7 Å². The Kier molecular flexibility index (Phi) is 4.83. The summed E-state index contributed by atoms with van der Waals surface area (Å²) in [4.78, 5) is 12.3. The van der Waals surface area contributed by atoms with E-state index in [-0.39, 0.29) is 22.9 Å². The van der Waals surface area contributed by atoms with Gasteiger partial charge in [-0.25, -0.2) is 0 Å². The standard InChI is InChI=1S/C24H40O3/c1-15(25)19-8-9-20-18-7-6-17-14-22(3,26)12-13-24(17,16(2)27-5)21(18)10-11-23(19,20)4/h16-21,26H,6-14H2,1-5H3/t16-,17-,18+,19-,20+,21+,22-,23-,24-/m1/s1. The van der Waals surface area contributed by atoms with Crippen molar-refractivity contribution in [3.8, 4) is 0 Å². The minimum Gasteiger partial charge on any atom is -0.390 e. The Labute approximate surface area is 165 Å². The number of Topliss-reactive ketones (excluding diaryl/α,β-unsaturated/α-hetero) is 1. The molecule has 0 aromatic heterocycles. The predicted molar refractivity (Wildman–Crippen MR) is 107 cm³/mol. The molecule has 0 bridgehead atoms. The van der Waals surface area contributed by atoms with Crippen LogP contribution in [0.25, 0.3) is 0 Å². The van der Waals surface area contributed by atoms with Crippen molar-refractivity contribution < 1.29 is 14.6 Å². The fraction of sp³-hybridized carbons (Fsp3) is 0.958. The second-order valence-electron chi connectivity index (χ2n) is 11.1. The molecule has 0 radical (unpaired) electrons. The van der Waals surface area contributed by atoms with Crippen molar-refractivity contribution >= 4 is 5.78 Å². The van der Waals surface area contributed by atoms with Gasteiger partial charge in [-0.05, 0) is 108 Å². The first-order valence-electron chi connectivity index (χ1n) is 11.4. The van der Waals surface area contributed by atoms with E-state index in [0.29, 0.717) is 23.5 Å². The van der Waals surface area contributed by atoms with Gasteiger partial charge in [0.15, 0.2) is 0 Å². The van der Waals surface area contributed by atoms with Crippen molar-refractivity contribution in [3.63, 3.8) is 0 Å². The lowest BCUT2D eigenvalue weighted by Crippen LogP contribution is -2.60. The van der Waals surface area contributed by atoms with E-state index in [2.05, 4.69) is 13.8 Å². The summed E-state index contributed by atoms with van der Waals surface area (Å²) >= 11 is 0. The lowest BCUT2D eigenvalue weighted by atomic mass is 9.42. The van der Waals surface area contributed by atoms with Crippen LogP contribution < -0.4 is 0 Å². The van der Waals surface area contributed by atoms with E-state index in [4.69, 9.17) is 4.74 Å². The van der Waals surface area contributed by atoms with Crippen LogP contribution in [0.4, 0.5) is 0 Å². The third kappa shape index (κ3) is 2.78. The summed E-state index contributed by atoms with van der Waals surface area (Å²) in [6.45, 7) is 8.57. The lowest BCUT2D eigenvalue weighted by molar-refractivity contribution is -0.198. The summed E-state index contributed by atoms with van der Waals surface area (Å²) in [6.07, 6.45) is 10.5. The maximum absolute atomic E-state index is 12.3. The Balaban J connectivity index is 1.69. The molecule has 27 heavy (non-hydrogen) atoms. The van der Waals surface area contributed by atoms with E-state index >= 15 is 0 Å². The van der Waals surface area contributed by atoms with E-state index in [9.17, 15) is 9.90 Å². The summed E-state index contributed by atoms with van der Waals surface area (Å²) in [5.41, 5.74) is -0.0717. The number of methoxy groups -OCH3 is 1. The number of carbonyl (C=O) groups excluding carboxylic acids is 1. The van der Waals surface area contributed by atoms with Gasteiger partial charge in [-0.3, -0.25) is 4.79 Å². The number of aliphatic hydroxyl groups is 1. The van der Waals surface area contributed by atoms with Gasteiger partial charge in [0.2, 0.25) is 0 Å². The first kappa shape index (κ1) is 19.9. The minimum atomic E-state index is -0.509. The maximum Gasteiger partial charge on any atom is 0.133 e. The van der Waals surface area contributed by atoms with Crippen LogP contribution in [0.1, 0.15) is 85.5 Å². The van der Waals surface area contributed by atoms with Crippen molar-refractivity contribution in [1.82, 2.24) is 0 Å². The molecule has 0 amide bonds. The summed E-state index contributed by atoms with van der Waals surface area (Å²) in [5, 5.41) is 10.8. The number of ketones is 1. The van der Waals surface area contributed by atoms with Crippen LogP contribution >= 0.6 is 0 Å². The van der Waals surface area contributed by atoms with Crippen LogP contribution in [0.2, 0.25) is 0 Å². The molecule has 0 unspecified atom stereocenters. The van der Waals surface area contributed by atoms with Gasteiger partial charge >= 0.3 is 0 Å². The third-order valence-electron chi connectivity index (χ3n) is 10.1. The van der Waals surface area contributed by atoms with E-state index in [1.807, 2.05) is 21.0 Å². The Bertz CT molecular complexity index is 598. The molecule has 0 aliphatic heterocycles. The molecule has 0 spiro atoms. The number of hydrogen-bond acceptors (Lipinski definition) is 3. The maximum atomic E-state index is 12.3. The molecule has 4 saturated carbocycles. The van der Waals surface area contributed by atoms with Gasteiger partial charge in [-0.15, -0.1) is 0 Å². The average molecular weight is 377 g/mol. The van der Waals surface area contributed by atoms with Crippen molar-refractivity contribution in [1.29, 1.82) is 0 Å². The van der Waals surface area contributed by atoms with E-state index in [1.54, 1.807) is 0 Å². The normalized spacial score (nSPS) is 53.2. The fourth-order valence-corrected chi connectivity index (χ4v) is 8.85. The van der Waals surface area contributed by atoms with Crippen molar-refractivity contribution in [3.05, 3.63) is 0 Å². The minimum absolute atomic E-state index is 0.218. The fourth-order valence-electron chi connectivity index (χ4n) is 8.85. The topological polar surface area (TPSA) is 46.5 Å². The van der Waals surface area contributed by atoms with Crippen molar-refractivity contribution in [2.75, 3.05) is 7.11 Å². The zero-order valence-corrected chi connectivity index (χ0v) is 18.1. The van der Waals surface area contributed by atoms with Gasteiger partial charge in [-0.2, -0.15) is 0 Å². The molecule has 3 nitrogen and oxygen atoms in total. The second kappa shape index (κ2) is 6.55. The summed E-state index contributed by atoms with van der Waals surface area (Å²) in [5.74, 6) is 3.42. The molecule has 4 rings (SSSR count). The highest BCUT2D eigenvalue weighted by Gasteiger charge is 2.64. The highest BCUT2D eigenvalue weighted by Crippen LogP contribution is 2.69. The monoisotopic (exact) mass is 376 g/mol. The molecule has 9 atom stereocenters. The van der Waals surface area contributed by atoms with E-state index < -0.39 is 5.60 Å². The molecule has 0 aromatic carbocycles. The number of carbonyl (C=O) groups is 1. The first-order valence-corrected chi connectivity index (χ1v) is 11.4. The molecule has 0 aromatic rings. The number of fused-ring (bicyclic) bond motifs is 5. The highest BCUT2D eigenvalue weighted by atomic mass is 16.5. The summed E-state index contributed by atoms with van der Waals surface area (Å²) < 4.78 is 6.03. The SMILES string of the molecule is CO[C@H](C)[C@]12CC[C@@](C)(O)C[C@H]1CC[C@H]1[C@@H]3CC[C@H](C(C)=O)[C@@]3(C)CC[C@@H]12. The molecular formula is C24H40O3. The molecule has 0 saturated heterocycles. The van der Waals surface area contributed by atoms with Gasteiger partial charge in [0.1, 0.15) is 5.78 Å². The zero-order valence-electron chi connectivity index (χ0n) is 18.1. The lowest BCUT2D eigenvalue weighted by Gasteiger charge is -2.64. The molecule has 0 heterocycles. The molecule has 4 aliphatic rings. The van der Waals surface area contributed by atoms with E-state index in [1.165, 1.54) is 32.1 Å². The van der Waals surface area contributed by atoms with Gasteiger partial charge in [0, 0.05) is 18.4 Å². The van der Waals surface area contributed by atoms with Gasteiger partial charge in [-0.1, -0.05) is 6.92 Å². The molecular weight excluding hydrogens is 336 g/mol. The Hall–Kier alpha value is -0.410. The predicted octanol–water partition coefficient (Wildman–Crippen LogP) is 5.00. The van der Waals surface area contributed by atoms with Crippen LogP contribution in [0.5, 0.6) is 0 Å². The van der Waals surface area contributed by atoms with Crippen LogP contribution in [0, 0.1) is 40.4 Å². The summed E-state index contributed by atoms with van der Waals surface area (Å²) in [6, 6.07) is 0. The largest absolute Gasteiger partial charge is 0.390 e. The number of rotatable bonds is 3. The molecule has 1 N–H and O–H groups in total. The Morgan fingerprint density at radius 3 is 2.44 bits per heavy atom. The average Bonchev–Trinajstić information content (AvgIpc) is 2.97. The van der Waals surface area contributed by atoms with E-state index in [0.717, 1.165) is 31.6 Å². The van der Waals surface area contributed by atoms with Crippen molar-refractivity contribution in [2.24, 2.45) is 40.4 Å². The third-order valence-corrected chi connectivity index (χ3v) is 10.1. The molecule has 3 heteroatoms. The second-order valence-corrected chi connectivity index (χ2v) is 11.1. The van der Waals surface area contributed by atoms with Crippen molar-refractivity contribution in [2.45, 2.75) is 97.2 Å². The number of hydrogen-bond donors (Lipinski definition) is 1. The quantitative estimate of drug-likeness (QED) is 0.754. The highest BCUT2D eigenvalue weighted by molar-refractivity contribution is 5.79. The van der Waals surface area contributed by atoms with Gasteiger partial charge in [0.05, 0.1) is 11.7 Å². The Morgan fingerprint density at radius 2 is 1.78 bits per heavy atom. The molecule has 4 aliphatic carbocycles. The number of ether oxygens (including phenoxy) is 1. The van der Waals surface area contributed by atoms with Crippen LogP contribution in [0.3, 0.4) is 0 Å². The van der Waals surface area contributed by atoms with Gasteiger partial charge in [0.25, 0.3) is 0 Å². The van der Waals surface area contributed by atoms with Gasteiger partial charge < -0.3 is 9.84 Å². The first-order chi connectivity index (χ1) is 12.7. The smallest absolute Gasteiger partial charge is 0.133 e. The molecule has 154 valence electrons. The Morgan fingerprint density at radius 1 is 1.04 bits per heavy atom.